The van der Waals surface area contributed by atoms with E-state index in [2.05, 4.69) is 20.4 Å². The van der Waals surface area contributed by atoms with E-state index in [1.165, 1.54) is 19.4 Å². The number of methoxy groups -OCH3 is 1. The van der Waals surface area contributed by atoms with Gasteiger partial charge in [0.05, 0.1) is 31.0 Å². The first-order valence-electron chi connectivity index (χ1n) is 11.4. The molecule has 3 aromatic heterocycles. The SMILES string of the molecule is COc1ncc(-c2cc(C(F)(F)F)c3c(N)ncnn23)cc1C(=O)NC1CN(C(=O)OC(C)(C)C)CC1F. The smallest absolute Gasteiger partial charge is 0.418 e. The molecule has 1 aliphatic heterocycles. The van der Waals surface area contributed by atoms with Gasteiger partial charge in [0.1, 0.15) is 29.2 Å². The van der Waals surface area contributed by atoms with Crippen molar-refractivity contribution in [3.05, 3.63) is 35.8 Å². The summed E-state index contributed by atoms with van der Waals surface area (Å²) in [6.07, 6.45) is -4.87. The fourth-order valence-corrected chi connectivity index (χ4v) is 4.03. The summed E-state index contributed by atoms with van der Waals surface area (Å²) in [6.45, 7) is 4.58. The number of nitrogens with two attached hydrogens (primary N) is 1. The number of amides is 2. The van der Waals surface area contributed by atoms with Gasteiger partial charge in [0.2, 0.25) is 5.88 Å². The van der Waals surface area contributed by atoms with Crippen LogP contribution in [0.5, 0.6) is 5.88 Å². The molecule has 3 aromatic rings. The molecule has 4 heterocycles. The maximum atomic E-state index is 14.7. The zero-order valence-electron chi connectivity index (χ0n) is 20.8. The molecular weight excluding hydrogens is 514 g/mol. The summed E-state index contributed by atoms with van der Waals surface area (Å²) in [7, 11) is 1.25. The standard InChI is InChI=1S/C23H25F4N7O4/c1-22(2,3)38-21(36)33-8-14(24)15(9-33)32-19(35)12-5-11(7-29-20(12)37-4)16-6-13(23(25,26)27)17-18(28)30-10-31-34(16)17/h5-7,10,14-15H,8-9H2,1-4H3,(H,32,35)(H2,28,30,31). The average Bonchev–Trinajstić information content (AvgIpc) is 3.39. The van der Waals surface area contributed by atoms with E-state index in [4.69, 9.17) is 15.2 Å². The molecule has 11 nitrogen and oxygen atoms in total. The first-order chi connectivity index (χ1) is 17.7. The van der Waals surface area contributed by atoms with Gasteiger partial charge in [-0.1, -0.05) is 0 Å². The van der Waals surface area contributed by atoms with Gasteiger partial charge in [-0.2, -0.15) is 18.3 Å². The van der Waals surface area contributed by atoms with E-state index in [1.54, 1.807) is 20.8 Å². The van der Waals surface area contributed by atoms with Gasteiger partial charge < -0.3 is 25.4 Å². The second-order valence-electron chi connectivity index (χ2n) is 9.61. The molecule has 2 unspecified atom stereocenters. The van der Waals surface area contributed by atoms with Gasteiger partial charge in [0.15, 0.2) is 5.82 Å². The molecule has 204 valence electrons. The molecule has 0 radical (unpaired) electrons. The lowest BCUT2D eigenvalue weighted by Crippen LogP contribution is -2.42. The van der Waals surface area contributed by atoms with Gasteiger partial charge in [0, 0.05) is 18.3 Å². The number of fused-ring (bicyclic) bond motifs is 1. The van der Waals surface area contributed by atoms with Crippen LogP contribution in [0.15, 0.2) is 24.7 Å². The van der Waals surface area contributed by atoms with Crippen LogP contribution in [-0.2, 0) is 10.9 Å². The minimum absolute atomic E-state index is 0.0639. The number of nitrogens with zero attached hydrogens (tertiary/aromatic N) is 5. The topological polar surface area (TPSA) is 137 Å². The van der Waals surface area contributed by atoms with Crippen LogP contribution in [-0.4, -0.2) is 74.5 Å². The summed E-state index contributed by atoms with van der Waals surface area (Å²) >= 11 is 0. The van der Waals surface area contributed by atoms with Gasteiger partial charge in [-0.25, -0.2) is 23.7 Å². The van der Waals surface area contributed by atoms with E-state index in [0.29, 0.717) is 0 Å². The molecule has 1 aliphatic rings. The summed E-state index contributed by atoms with van der Waals surface area (Å²) in [5.74, 6) is -1.33. The number of carbonyl (C=O) groups is 2. The number of hydrogen-bond donors (Lipinski definition) is 2. The number of anilines is 1. The lowest BCUT2D eigenvalue weighted by atomic mass is 10.1. The third kappa shape index (κ3) is 5.26. The van der Waals surface area contributed by atoms with Crippen molar-refractivity contribution in [2.75, 3.05) is 25.9 Å². The predicted octanol–water partition coefficient (Wildman–Crippen LogP) is 3.09. The molecule has 4 rings (SSSR count). The summed E-state index contributed by atoms with van der Waals surface area (Å²) < 4.78 is 67.2. The Labute approximate surface area is 213 Å². The van der Waals surface area contributed by atoms with Crippen molar-refractivity contribution in [1.82, 2.24) is 29.8 Å². The number of rotatable bonds is 4. The minimum Gasteiger partial charge on any atom is -0.480 e. The number of nitrogens with one attached hydrogen (secondary N) is 1. The fourth-order valence-electron chi connectivity index (χ4n) is 4.03. The Hall–Kier alpha value is -4.17. The van der Waals surface area contributed by atoms with E-state index in [1.807, 2.05) is 0 Å². The first-order valence-corrected chi connectivity index (χ1v) is 11.4. The molecule has 1 fully saturated rings. The largest absolute Gasteiger partial charge is 0.480 e. The Morgan fingerprint density at radius 2 is 1.87 bits per heavy atom. The number of hydrogen-bond acceptors (Lipinski definition) is 8. The zero-order valence-corrected chi connectivity index (χ0v) is 20.8. The maximum absolute atomic E-state index is 14.7. The monoisotopic (exact) mass is 539 g/mol. The van der Waals surface area contributed by atoms with Crippen molar-refractivity contribution in [3.63, 3.8) is 0 Å². The van der Waals surface area contributed by atoms with E-state index < -0.39 is 47.1 Å². The van der Waals surface area contributed by atoms with Crippen LogP contribution in [0.25, 0.3) is 16.8 Å². The van der Waals surface area contributed by atoms with E-state index in [9.17, 15) is 27.2 Å². The third-order valence-electron chi connectivity index (χ3n) is 5.69. The molecule has 15 heteroatoms. The number of likely N-dealkylation sites (tertiary alicyclic amines) is 1. The molecule has 38 heavy (non-hydrogen) atoms. The van der Waals surface area contributed by atoms with E-state index in [0.717, 1.165) is 21.8 Å². The van der Waals surface area contributed by atoms with Crippen molar-refractivity contribution < 1.29 is 36.6 Å². The van der Waals surface area contributed by atoms with Crippen LogP contribution in [0.4, 0.5) is 28.2 Å². The number of ether oxygens (including phenoxy) is 2. The summed E-state index contributed by atoms with van der Waals surface area (Å²) in [6, 6.07) is 0.996. The normalized spacial score (nSPS) is 18.1. The second kappa shape index (κ2) is 9.61. The molecule has 0 saturated carbocycles. The number of pyridine rings is 1. The molecule has 0 spiro atoms. The second-order valence-corrected chi connectivity index (χ2v) is 9.61. The highest BCUT2D eigenvalue weighted by atomic mass is 19.4. The molecule has 1 saturated heterocycles. The Morgan fingerprint density at radius 1 is 1.16 bits per heavy atom. The number of halogens is 4. The number of nitrogen functional groups attached to an aromatic ring is 1. The number of carbonyl (C=O) groups excluding carboxylic acids is 2. The van der Waals surface area contributed by atoms with Gasteiger partial charge in [-0.3, -0.25) is 4.79 Å². The van der Waals surface area contributed by atoms with E-state index >= 15 is 0 Å². The summed E-state index contributed by atoms with van der Waals surface area (Å²) in [5.41, 5.74) is 3.24. The number of aromatic nitrogens is 4. The Balaban J connectivity index is 1.65. The van der Waals surface area contributed by atoms with Gasteiger partial charge >= 0.3 is 12.3 Å². The maximum Gasteiger partial charge on any atom is 0.418 e. The molecule has 0 aliphatic carbocycles. The summed E-state index contributed by atoms with van der Waals surface area (Å²) in [5, 5.41) is 6.39. The predicted molar refractivity (Wildman–Crippen MR) is 126 cm³/mol. The molecule has 3 N–H and O–H groups in total. The number of alkyl halides is 4. The van der Waals surface area contributed by atoms with Crippen LogP contribution < -0.4 is 15.8 Å². The molecule has 0 bridgehead atoms. The van der Waals surface area contributed by atoms with Crippen LogP contribution >= 0.6 is 0 Å². The quantitative estimate of drug-likeness (QED) is 0.483. The van der Waals surface area contributed by atoms with Crippen molar-refractivity contribution in [2.45, 2.75) is 44.8 Å². The van der Waals surface area contributed by atoms with Crippen LogP contribution in [0, 0.1) is 0 Å². The first kappa shape index (κ1) is 26.9. The minimum atomic E-state index is -4.76. The lowest BCUT2D eigenvalue weighted by Gasteiger charge is -2.24. The lowest BCUT2D eigenvalue weighted by molar-refractivity contribution is -0.136. The van der Waals surface area contributed by atoms with Gasteiger partial charge in [0.25, 0.3) is 5.91 Å². The van der Waals surface area contributed by atoms with Crippen LogP contribution in [0.2, 0.25) is 0 Å². The van der Waals surface area contributed by atoms with Crippen molar-refractivity contribution in [2.24, 2.45) is 0 Å². The molecular formula is C23H25F4N7O4. The van der Waals surface area contributed by atoms with Crippen molar-refractivity contribution >= 4 is 23.3 Å². The summed E-state index contributed by atoms with van der Waals surface area (Å²) in [4.78, 5) is 34.3. The molecule has 2 atom stereocenters. The highest BCUT2D eigenvalue weighted by Gasteiger charge is 2.39. The average molecular weight is 539 g/mol. The third-order valence-corrected chi connectivity index (χ3v) is 5.69. The highest BCUT2D eigenvalue weighted by molar-refractivity contribution is 5.98. The van der Waals surface area contributed by atoms with Gasteiger partial charge in [-0.15, -0.1) is 0 Å². The van der Waals surface area contributed by atoms with Crippen molar-refractivity contribution in [1.29, 1.82) is 0 Å². The zero-order chi connectivity index (χ0) is 28.0. The highest BCUT2D eigenvalue weighted by Crippen LogP contribution is 2.39. The van der Waals surface area contributed by atoms with E-state index in [-0.39, 0.29) is 41.6 Å². The Morgan fingerprint density at radius 3 is 2.50 bits per heavy atom. The fraction of sp³-hybridized carbons (Fsp3) is 0.435. The molecule has 2 amide bonds. The van der Waals surface area contributed by atoms with Crippen LogP contribution in [0.3, 0.4) is 0 Å². The van der Waals surface area contributed by atoms with Crippen LogP contribution in [0.1, 0.15) is 36.7 Å². The van der Waals surface area contributed by atoms with Gasteiger partial charge in [-0.05, 0) is 32.9 Å². The van der Waals surface area contributed by atoms with Crippen molar-refractivity contribution in [3.8, 4) is 17.1 Å². The molecule has 0 aromatic carbocycles. The Kier molecular flexibility index (Phi) is 6.80. The Bertz CT molecular complexity index is 1390.